The molecule has 0 radical (unpaired) electrons. The number of likely N-dealkylation sites (tertiary alicyclic amines) is 1. The van der Waals surface area contributed by atoms with Crippen molar-refractivity contribution in [3.05, 3.63) is 58.9 Å². The fourth-order valence-electron chi connectivity index (χ4n) is 3.12. The van der Waals surface area contributed by atoms with E-state index in [0.717, 1.165) is 18.8 Å². The van der Waals surface area contributed by atoms with Crippen LogP contribution in [0, 0.1) is 12.3 Å². The summed E-state index contributed by atoms with van der Waals surface area (Å²) in [6, 6.07) is 13.6. The fourth-order valence-corrected chi connectivity index (χ4v) is 3.38. The maximum atomic E-state index is 11.9. The van der Waals surface area contributed by atoms with Crippen molar-refractivity contribution in [2.75, 3.05) is 19.7 Å². The first kappa shape index (κ1) is 17.7. The summed E-state index contributed by atoms with van der Waals surface area (Å²) < 4.78 is 5.74. The highest BCUT2D eigenvalue weighted by Crippen LogP contribution is 2.34. The van der Waals surface area contributed by atoms with Gasteiger partial charge in [0.1, 0.15) is 12.0 Å². The number of aliphatic carboxylic acids is 1. The molecular weight excluding hydrogens is 340 g/mol. The topological polar surface area (TPSA) is 62.7 Å². The molecule has 0 bridgehead atoms. The molecule has 0 spiro atoms. The molecule has 1 N–H and O–H groups in total. The summed E-state index contributed by atoms with van der Waals surface area (Å²) in [4.78, 5) is 18.2. The normalized spacial score (nSPS) is 20.6. The van der Waals surface area contributed by atoms with Gasteiger partial charge in [-0.15, -0.1) is 0 Å². The summed E-state index contributed by atoms with van der Waals surface area (Å²) in [5.74, 6) is -0.409. The Balaban J connectivity index is 1.67. The van der Waals surface area contributed by atoms with Crippen molar-refractivity contribution in [1.29, 1.82) is 0 Å². The van der Waals surface area contributed by atoms with Gasteiger partial charge in [0.05, 0.1) is 0 Å². The number of aromatic nitrogens is 1. The second-order valence-electron chi connectivity index (χ2n) is 6.56. The van der Waals surface area contributed by atoms with Crippen LogP contribution in [-0.4, -0.2) is 40.7 Å². The van der Waals surface area contributed by atoms with Crippen molar-refractivity contribution in [2.45, 2.75) is 19.9 Å². The first-order chi connectivity index (χ1) is 12.0. The third-order valence-corrected chi connectivity index (χ3v) is 4.86. The number of benzene rings is 1. The van der Waals surface area contributed by atoms with Crippen LogP contribution >= 0.6 is 11.6 Å². The number of rotatable bonds is 6. The average Bonchev–Trinajstić information content (AvgIpc) is 2.99. The van der Waals surface area contributed by atoms with Crippen molar-refractivity contribution in [3.8, 4) is 5.75 Å². The minimum atomic E-state index is -0.928. The first-order valence-electron chi connectivity index (χ1n) is 8.24. The van der Waals surface area contributed by atoms with Gasteiger partial charge in [-0.1, -0.05) is 41.9 Å². The molecule has 2 heterocycles. The van der Waals surface area contributed by atoms with E-state index < -0.39 is 11.4 Å². The molecule has 3 rings (SSSR count). The van der Waals surface area contributed by atoms with Gasteiger partial charge < -0.3 is 9.84 Å². The summed E-state index contributed by atoms with van der Waals surface area (Å²) in [6.45, 7) is 3.84. The maximum Gasteiger partial charge on any atom is 0.314 e. The van der Waals surface area contributed by atoms with Gasteiger partial charge in [-0.2, -0.15) is 0 Å². The van der Waals surface area contributed by atoms with Gasteiger partial charge in [-0.3, -0.25) is 9.69 Å². The van der Waals surface area contributed by atoms with Gasteiger partial charge in [-0.05, 0) is 37.6 Å². The van der Waals surface area contributed by atoms with E-state index in [1.807, 2.05) is 25.1 Å². The molecular formula is C19H21ClN2O3. The third kappa shape index (κ3) is 4.11. The number of pyridine rings is 1. The smallest absolute Gasteiger partial charge is 0.314 e. The van der Waals surface area contributed by atoms with Crippen molar-refractivity contribution in [3.63, 3.8) is 0 Å². The molecule has 1 atom stereocenters. The lowest BCUT2D eigenvalue weighted by molar-refractivity contribution is -0.150. The Morgan fingerprint density at radius 3 is 2.76 bits per heavy atom. The number of hydrogen-bond donors (Lipinski definition) is 1. The molecule has 0 aliphatic carbocycles. The van der Waals surface area contributed by atoms with Crippen LogP contribution in [0.3, 0.4) is 0 Å². The van der Waals surface area contributed by atoms with E-state index in [2.05, 4.69) is 22.0 Å². The third-order valence-electron chi connectivity index (χ3n) is 4.59. The highest BCUT2D eigenvalue weighted by atomic mass is 35.5. The lowest BCUT2D eigenvalue weighted by Gasteiger charge is -2.25. The quantitative estimate of drug-likeness (QED) is 0.800. The molecule has 1 saturated heterocycles. The molecule has 0 amide bonds. The van der Waals surface area contributed by atoms with Crippen LogP contribution in [-0.2, 0) is 11.3 Å². The van der Waals surface area contributed by atoms with Crippen molar-refractivity contribution >= 4 is 17.6 Å². The van der Waals surface area contributed by atoms with Gasteiger partial charge in [0.2, 0.25) is 0 Å². The number of carboxylic acid groups (broad SMARTS) is 1. The van der Waals surface area contributed by atoms with Gasteiger partial charge in [0.25, 0.3) is 0 Å². The van der Waals surface area contributed by atoms with Crippen molar-refractivity contribution < 1.29 is 14.6 Å². The molecule has 0 saturated carbocycles. The first-order valence-corrected chi connectivity index (χ1v) is 8.62. The summed E-state index contributed by atoms with van der Waals surface area (Å²) in [7, 11) is 0. The molecule has 25 heavy (non-hydrogen) atoms. The molecule has 5 nitrogen and oxygen atoms in total. The molecule has 1 fully saturated rings. The van der Waals surface area contributed by atoms with E-state index in [4.69, 9.17) is 16.3 Å². The molecule has 1 aromatic heterocycles. The van der Waals surface area contributed by atoms with Crippen LogP contribution in [0.2, 0.25) is 5.15 Å². The van der Waals surface area contributed by atoms with Gasteiger partial charge in [0, 0.05) is 18.8 Å². The lowest BCUT2D eigenvalue weighted by atomic mass is 9.88. The molecule has 1 unspecified atom stereocenters. The van der Waals surface area contributed by atoms with E-state index in [1.54, 1.807) is 12.1 Å². The average molecular weight is 361 g/mol. The highest BCUT2D eigenvalue weighted by Gasteiger charge is 2.45. The largest absolute Gasteiger partial charge is 0.489 e. The van der Waals surface area contributed by atoms with E-state index >= 15 is 0 Å². The summed E-state index contributed by atoms with van der Waals surface area (Å²) in [6.07, 6.45) is 0.548. The number of aryl methyl sites for hydroxylation is 1. The minimum Gasteiger partial charge on any atom is -0.489 e. The van der Waals surface area contributed by atoms with Crippen LogP contribution in [0.4, 0.5) is 0 Å². The molecule has 1 aliphatic rings. The number of hydrogen-bond acceptors (Lipinski definition) is 4. The zero-order valence-electron chi connectivity index (χ0n) is 14.1. The Hall–Kier alpha value is -2.11. The molecule has 1 aliphatic heterocycles. The van der Waals surface area contributed by atoms with Crippen molar-refractivity contribution in [2.24, 2.45) is 5.41 Å². The van der Waals surface area contributed by atoms with Gasteiger partial charge >= 0.3 is 5.97 Å². The number of carboxylic acids is 1. The van der Waals surface area contributed by atoms with Crippen molar-refractivity contribution in [1.82, 2.24) is 9.88 Å². The standard InChI is InChI=1S/C19H21ClN2O3/c1-14-7-8-16(17(20)21-14)25-13-19(18(23)24)9-10-22(12-19)11-15-5-3-2-4-6-15/h2-8H,9-13H2,1H3,(H,23,24). The van der Waals surface area contributed by atoms with E-state index in [0.29, 0.717) is 18.7 Å². The SMILES string of the molecule is Cc1ccc(OCC2(C(=O)O)CCN(Cc3ccccc3)C2)c(Cl)n1. The predicted molar refractivity (Wildman–Crippen MR) is 95.9 cm³/mol. The van der Waals surface area contributed by atoms with Crippen LogP contribution in [0.5, 0.6) is 5.75 Å². The van der Waals surface area contributed by atoms with Gasteiger partial charge in [-0.25, -0.2) is 4.98 Å². The van der Waals surface area contributed by atoms with E-state index in [-0.39, 0.29) is 11.8 Å². The molecule has 6 heteroatoms. The Labute approximate surface area is 152 Å². The van der Waals surface area contributed by atoms with Gasteiger partial charge in [0.15, 0.2) is 10.9 Å². The van der Waals surface area contributed by atoms with Crippen LogP contribution in [0.1, 0.15) is 17.7 Å². The summed E-state index contributed by atoms with van der Waals surface area (Å²) >= 11 is 6.08. The highest BCUT2D eigenvalue weighted by molar-refractivity contribution is 6.30. The number of halogens is 1. The Morgan fingerprint density at radius 2 is 2.08 bits per heavy atom. The second kappa shape index (κ2) is 7.42. The van der Waals surface area contributed by atoms with Crippen LogP contribution < -0.4 is 4.74 Å². The minimum absolute atomic E-state index is 0.0814. The fraction of sp³-hybridized carbons (Fsp3) is 0.368. The zero-order chi connectivity index (χ0) is 17.9. The molecule has 2 aromatic rings. The summed E-state index contributed by atoms with van der Waals surface area (Å²) in [5.41, 5.74) is 1.04. The zero-order valence-corrected chi connectivity index (χ0v) is 14.9. The lowest BCUT2D eigenvalue weighted by Crippen LogP contribution is -2.40. The molecule has 1 aromatic carbocycles. The Kier molecular flexibility index (Phi) is 5.25. The maximum absolute atomic E-state index is 11.9. The summed E-state index contributed by atoms with van der Waals surface area (Å²) in [5, 5.41) is 10.0. The molecule has 132 valence electrons. The second-order valence-corrected chi connectivity index (χ2v) is 6.92. The number of carbonyl (C=O) groups is 1. The number of ether oxygens (including phenoxy) is 1. The Bertz CT molecular complexity index is 754. The van der Waals surface area contributed by atoms with E-state index in [1.165, 1.54) is 5.56 Å². The van der Waals surface area contributed by atoms with E-state index in [9.17, 15) is 9.90 Å². The van der Waals surface area contributed by atoms with Crippen LogP contribution in [0.25, 0.3) is 0 Å². The van der Waals surface area contributed by atoms with Crippen LogP contribution in [0.15, 0.2) is 42.5 Å². The predicted octanol–water partition coefficient (Wildman–Crippen LogP) is 3.40. The Morgan fingerprint density at radius 1 is 1.32 bits per heavy atom. The monoisotopic (exact) mass is 360 g/mol. The number of nitrogens with zero attached hydrogens (tertiary/aromatic N) is 2.